The van der Waals surface area contributed by atoms with E-state index in [1.165, 1.54) is 57.1 Å². The smallest absolute Gasteiger partial charge is 0.0765 e. The lowest BCUT2D eigenvalue weighted by Gasteiger charge is -2.37. The van der Waals surface area contributed by atoms with Crippen molar-refractivity contribution < 1.29 is 0 Å². The highest BCUT2D eigenvalue weighted by Crippen LogP contribution is 2.36. The van der Waals surface area contributed by atoms with Gasteiger partial charge in [0.2, 0.25) is 0 Å². The summed E-state index contributed by atoms with van der Waals surface area (Å²) in [6.45, 7) is 1.03. The van der Waals surface area contributed by atoms with Crippen LogP contribution >= 0.6 is 0 Å². The number of aromatic nitrogens is 2. The number of hydrogen-bond acceptors (Lipinski definition) is 3. The van der Waals surface area contributed by atoms with E-state index in [0.29, 0.717) is 24.2 Å². The van der Waals surface area contributed by atoms with E-state index in [1.807, 2.05) is 0 Å². The molecule has 4 nitrogen and oxygen atoms in total. The van der Waals surface area contributed by atoms with Gasteiger partial charge in [-0.2, -0.15) is 5.10 Å². The van der Waals surface area contributed by atoms with Crippen LogP contribution in [-0.2, 0) is 6.54 Å². The lowest BCUT2D eigenvalue weighted by atomic mass is 9.98. The van der Waals surface area contributed by atoms with Crippen LogP contribution in [0, 0.1) is 0 Å². The van der Waals surface area contributed by atoms with Crippen molar-refractivity contribution in [3.63, 3.8) is 0 Å². The van der Waals surface area contributed by atoms with E-state index in [2.05, 4.69) is 21.8 Å². The highest BCUT2D eigenvalue weighted by Gasteiger charge is 2.39. The summed E-state index contributed by atoms with van der Waals surface area (Å²) in [4.78, 5) is 2.67. The second kappa shape index (κ2) is 5.15. The minimum absolute atomic E-state index is 0.430. The SMILES string of the molecule is NC1CC2CCC(C1)N2Cc1ccn(C2CCCC2)n1. The Balaban J connectivity index is 1.44. The van der Waals surface area contributed by atoms with Crippen molar-refractivity contribution >= 4 is 0 Å². The van der Waals surface area contributed by atoms with Crippen LogP contribution in [0.4, 0.5) is 0 Å². The van der Waals surface area contributed by atoms with Gasteiger partial charge >= 0.3 is 0 Å². The Labute approximate surface area is 121 Å². The first kappa shape index (κ1) is 12.8. The fourth-order valence-electron chi connectivity index (χ4n) is 4.60. The van der Waals surface area contributed by atoms with E-state index >= 15 is 0 Å². The van der Waals surface area contributed by atoms with Crippen LogP contribution in [-0.4, -0.2) is 32.8 Å². The van der Waals surface area contributed by atoms with Crippen LogP contribution in [0.5, 0.6) is 0 Å². The van der Waals surface area contributed by atoms with Crippen LogP contribution in [0.2, 0.25) is 0 Å². The van der Waals surface area contributed by atoms with Gasteiger partial charge in [0.15, 0.2) is 0 Å². The van der Waals surface area contributed by atoms with Gasteiger partial charge in [0.1, 0.15) is 0 Å². The van der Waals surface area contributed by atoms with Gasteiger partial charge in [0.05, 0.1) is 11.7 Å². The summed E-state index contributed by atoms with van der Waals surface area (Å²) < 4.78 is 2.22. The van der Waals surface area contributed by atoms with Crippen LogP contribution in [0.15, 0.2) is 12.3 Å². The normalized spacial score (nSPS) is 35.0. The van der Waals surface area contributed by atoms with Gasteiger partial charge in [-0.3, -0.25) is 9.58 Å². The molecule has 2 N–H and O–H groups in total. The van der Waals surface area contributed by atoms with E-state index in [1.54, 1.807) is 0 Å². The fraction of sp³-hybridized carbons (Fsp3) is 0.812. The Morgan fingerprint density at radius 2 is 1.75 bits per heavy atom. The maximum atomic E-state index is 6.15. The Morgan fingerprint density at radius 3 is 2.45 bits per heavy atom. The van der Waals surface area contributed by atoms with Gasteiger partial charge in [0.25, 0.3) is 0 Å². The molecule has 1 aromatic rings. The molecule has 110 valence electrons. The van der Waals surface area contributed by atoms with Crippen molar-refractivity contribution in [2.24, 2.45) is 5.73 Å². The lowest BCUT2D eigenvalue weighted by Crippen LogP contribution is -2.46. The molecule has 2 unspecified atom stereocenters. The average Bonchev–Trinajstić information content (AvgIpc) is 3.12. The molecule has 3 fully saturated rings. The molecule has 2 atom stereocenters. The molecule has 20 heavy (non-hydrogen) atoms. The summed E-state index contributed by atoms with van der Waals surface area (Å²) in [5.74, 6) is 0. The first-order valence-electron chi connectivity index (χ1n) is 8.35. The predicted molar refractivity (Wildman–Crippen MR) is 79.3 cm³/mol. The van der Waals surface area contributed by atoms with Crippen molar-refractivity contribution in [3.8, 4) is 0 Å². The molecule has 1 aliphatic carbocycles. The first-order chi connectivity index (χ1) is 9.79. The van der Waals surface area contributed by atoms with Crippen molar-refractivity contribution in [1.82, 2.24) is 14.7 Å². The fourth-order valence-corrected chi connectivity index (χ4v) is 4.60. The van der Waals surface area contributed by atoms with Crippen LogP contribution in [0.25, 0.3) is 0 Å². The third-order valence-corrected chi connectivity index (χ3v) is 5.63. The Hall–Kier alpha value is -0.870. The van der Waals surface area contributed by atoms with E-state index in [0.717, 1.165) is 6.54 Å². The number of nitrogens with two attached hydrogens (primary N) is 1. The van der Waals surface area contributed by atoms with Gasteiger partial charge in [-0.1, -0.05) is 12.8 Å². The molecule has 1 saturated carbocycles. The summed E-state index contributed by atoms with van der Waals surface area (Å²) in [6, 6.07) is 4.74. The van der Waals surface area contributed by atoms with Crippen molar-refractivity contribution in [3.05, 3.63) is 18.0 Å². The van der Waals surface area contributed by atoms with Crippen molar-refractivity contribution in [2.45, 2.75) is 82.1 Å². The van der Waals surface area contributed by atoms with Crippen LogP contribution < -0.4 is 5.73 Å². The Kier molecular flexibility index (Phi) is 3.31. The monoisotopic (exact) mass is 274 g/mol. The van der Waals surface area contributed by atoms with Crippen molar-refractivity contribution in [2.75, 3.05) is 0 Å². The van der Waals surface area contributed by atoms with Gasteiger partial charge in [-0.25, -0.2) is 0 Å². The molecule has 0 radical (unpaired) electrons. The number of piperidine rings is 1. The largest absolute Gasteiger partial charge is 0.328 e. The zero-order chi connectivity index (χ0) is 13.5. The van der Waals surface area contributed by atoms with Crippen LogP contribution in [0.3, 0.4) is 0 Å². The summed E-state index contributed by atoms with van der Waals surface area (Å²) >= 11 is 0. The highest BCUT2D eigenvalue weighted by molar-refractivity contribution is 5.04. The third kappa shape index (κ3) is 2.29. The molecule has 2 aliphatic heterocycles. The molecule has 0 spiro atoms. The third-order valence-electron chi connectivity index (χ3n) is 5.63. The quantitative estimate of drug-likeness (QED) is 0.921. The van der Waals surface area contributed by atoms with E-state index in [9.17, 15) is 0 Å². The number of hydrogen-bond donors (Lipinski definition) is 1. The maximum Gasteiger partial charge on any atom is 0.0765 e. The minimum Gasteiger partial charge on any atom is -0.328 e. The van der Waals surface area contributed by atoms with E-state index in [-0.39, 0.29) is 0 Å². The minimum atomic E-state index is 0.430. The molecule has 2 bridgehead atoms. The molecule has 4 heteroatoms. The van der Waals surface area contributed by atoms with E-state index < -0.39 is 0 Å². The lowest BCUT2D eigenvalue weighted by molar-refractivity contribution is 0.118. The summed E-state index contributed by atoms with van der Waals surface area (Å²) in [5.41, 5.74) is 7.41. The topological polar surface area (TPSA) is 47.1 Å². The van der Waals surface area contributed by atoms with Gasteiger partial charge < -0.3 is 5.73 Å². The summed E-state index contributed by atoms with van der Waals surface area (Å²) in [7, 11) is 0. The molecule has 3 heterocycles. The zero-order valence-corrected chi connectivity index (χ0v) is 12.2. The van der Waals surface area contributed by atoms with Gasteiger partial charge in [0, 0.05) is 30.9 Å². The Morgan fingerprint density at radius 1 is 1.05 bits per heavy atom. The maximum absolute atomic E-state index is 6.15. The molecular formula is C16H26N4. The van der Waals surface area contributed by atoms with E-state index in [4.69, 9.17) is 10.8 Å². The molecule has 0 amide bonds. The average molecular weight is 274 g/mol. The molecule has 3 aliphatic rings. The molecule has 2 saturated heterocycles. The zero-order valence-electron chi connectivity index (χ0n) is 12.2. The molecular weight excluding hydrogens is 248 g/mol. The Bertz CT molecular complexity index is 449. The molecule has 4 rings (SSSR count). The highest BCUT2D eigenvalue weighted by atomic mass is 15.3. The second-order valence-corrected chi connectivity index (χ2v) is 7.01. The van der Waals surface area contributed by atoms with Crippen molar-refractivity contribution in [1.29, 1.82) is 0 Å². The predicted octanol–water partition coefficient (Wildman–Crippen LogP) is 2.45. The second-order valence-electron chi connectivity index (χ2n) is 7.01. The molecule has 0 aromatic carbocycles. The number of rotatable bonds is 3. The van der Waals surface area contributed by atoms with Crippen LogP contribution in [0.1, 0.15) is 63.1 Å². The summed E-state index contributed by atoms with van der Waals surface area (Å²) in [6.07, 6.45) is 12.6. The first-order valence-corrected chi connectivity index (χ1v) is 8.35. The van der Waals surface area contributed by atoms with Gasteiger partial charge in [-0.05, 0) is 44.6 Å². The molecule has 1 aromatic heterocycles. The van der Waals surface area contributed by atoms with Gasteiger partial charge in [-0.15, -0.1) is 0 Å². The number of nitrogens with zero attached hydrogens (tertiary/aromatic N) is 3. The summed E-state index contributed by atoms with van der Waals surface area (Å²) in [5, 5.41) is 4.85. The number of fused-ring (bicyclic) bond motifs is 2. The standard InChI is InChI=1S/C16H26N4/c17-12-9-15-5-6-16(10-12)19(15)11-13-7-8-20(18-13)14-3-1-2-4-14/h7-8,12,14-16H,1-6,9-11,17H2.